The summed E-state index contributed by atoms with van der Waals surface area (Å²) in [4.78, 5) is 16.5. The van der Waals surface area contributed by atoms with Gasteiger partial charge in [0, 0.05) is 5.56 Å². The van der Waals surface area contributed by atoms with Crippen molar-refractivity contribution in [1.82, 2.24) is 0 Å². The predicted molar refractivity (Wildman–Crippen MR) is 111 cm³/mol. The first-order valence-corrected chi connectivity index (χ1v) is 9.89. The average Bonchev–Trinajstić information content (AvgIpc) is 2.72. The van der Waals surface area contributed by atoms with Crippen LogP contribution in [0.2, 0.25) is 0 Å². The second-order valence-electron chi connectivity index (χ2n) is 6.67. The van der Waals surface area contributed by atoms with Gasteiger partial charge in [0.05, 0.1) is 6.61 Å². The second-order valence-corrected chi connectivity index (χ2v) is 6.67. The van der Waals surface area contributed by atoms with E-state index in [9.17, 15) is 9.90 Å². The monoisotopic (exact) mass is 383 g/mol. The average molecular weight is 383 g/mol. The number of carbonyl (C=O) groups excluding carboxylic acids is 1. The number of rotatable bonds is 13. The second kappa shape index (κ2) is 12.5. The van der Waals surface area contributed by atoms with E-state index in [0.717, 1.165) is 24.3 Å². The SMILES string of the molecule is CCCCCCCCOc1ccc(CON=C(C=O)c2ccc(O)cc2)cc1. The summed E-state index contributed by atoms with van der Waals surface area (Å²) in [6.07, 6.45) is 8.10. The third-order valence-electron chi connectivity index (χ3n) is 4.36. The van der Waals surface area contributed by atoms with Crippen molar-refractivity contribution in [3.63, 3.8) is 0 Å². The Hall–Kier alpha value is -2.82. The van der Waals surface area contributed by atoms with E-state index >= 15 is 0 Å². The summed E-state index contributed by atoms with van der Waals surface area (Å²) in [5.74, 6) is 0.979. The van der Waals surface area contributed by atoms with Gasteiger partial charge in [0.25, 0.3) is 0 Å². The largest absolute Gasteiger partial charge is 0.508 e. The molecule has 0 aliphatic carbocycles. The third-order valence-corrected chi connectivity index (χ3v) is 4.36. The van der Waals surface area contributed by atoms with Gasteiger partial charge < -0.3 is 14.7 Å². The van der Waals surface area contributed by atoms with Crippen molar-refractivity contribution in [3.05, 3.63) is 59.7 Å². The summed E-state index contributed by atoms with van der Waals surface area (Å²) < 4.78 is 5.76. The van der Waals surface area contributed by atoms with Crippen LogP contribution in [-0.2, 0) is 16.2 Å². The summed E-state index contributed by atoms with van der Waals surface area (Å²) in [7, 11) is 0. The first-order chi connectivity index (χ1) is 13.7. The minimum Gasteiger partial charge on any atom is -0.508 e. The van der Waals surface area contributed by atoms with Crippen LogP contribution in [-0.4, -0.2) is 23.7 Å². The van der Waals surface area contributed by atoms with Gasteiger partial charge >= 0.3 is 0 Å². The number of hydrogen-bond donors (Lipinski definition) is 1. The van der Waals surface area contributed by atoms with Crippen molar-refractivity contribution in [2.75, 3.05) is 6.61 Å². The zero-order valence-electron chi connectivity index (χ0n) is 16.5. The molecule has 5 nitrogen and oxygen atoms in total. The van der Waals surface area contributed by atoms with Crippen molar-refractivity contribution in [2.45, 2.75) is 52.1 Å². The van der Waals surface area contributed by atoms with Crippen molar-refractivity contribution in [1.29, 1.82) is 0 Å². The molecule has 28 heavy (non-hydrogen) atoms. The molecule has 0 aliphatic rings. The van der Waals surface area contributed by atoms with Gasteiger partial charge in [0.15, 0.2) is 6.29 Å². The molecule has 2 aromatic carbocycles. The predicted octanol–water partition coefficient (Wildman–Crippen LogP) is 5.25. The van der Waals surface area contributed by atoms with E-state index in [1.54, 1.807) is 12.1 Å². The number of aldehydes is 1. The minimum absolute atomic E-state index is 0.133. The summed E-state index contributed by atoms with van der Waals surface area (Å²) in [5.41, 5.74) is 1.71. The molecule has 0 amide bonds. The van der Waals surface area contributed by atoms with Crippen molar-refractivity contribution >= 4 is 12.0 Å². The fourth-order valence-corrected chi connectivity index (χ4v) is 2.71. The van der Waals surface area contributed by atoms with Gasteiger partial charge in [-0.2, -0.15) is 0 Å². The van der Waals surface area contributed by atoms with Crippen LogP contribution in [0.1, 0.15) is 56.6 Å². The van der Waals surface area contributed by atoms with Crippen molar-refractivity contribution < 1.29 is 19.5 Å². The van der Waals surface area contributed by atoms with Crippen molar-refractivity contribution in [3.8, 4) is 11.5 Å². The lowest BCUT2D eigenvalue weighted by molar-refractivity contribution is -0.102. The normalized spacial score (nSPS) is 11.2. The highest BCUT2D eigenvalue weighted by Gasteiger charge is 2.03. The van der Waals surface area contributed by atoms with Crippen LogP contribution in [0.25, 0.3) is 0 Å². The maximum Gasteiger partial charge on any atom is 0.172 e. The molecule has 0 heterocycles. The smallest absolute Gasteiger partial charge is 0.172 e. The highest BCUT2D eigenvalue weighted by molar-refractivity contribution is 6.36. The lowest BCUT2D eigenvalue weighted by Gasteiger charge is -2.07. The Balaban J connectivity index is 1.73. The standard InChI is InChI=1S/C23H29NO4/c1-2-3-4-5-6-7-16-27-22-14-8-19(9-15-22)18-28-24-23(17-25)20-10-12-21(26)13-11-20/h8-15,17,26H,2-7,16,18H2,1H3. The van der Waals surface area contributed by atoms with E-state index in [0.29, 0.717) is 11.8 Å². The van der Waals surface area contributed by atoms with Crippen LogP contribution in [0.3, 0.4) is 0 Å². The molecule has 0 aromatic heterocycles. The first kappa shape index (κ1) is 21.5. The van der Waals surface area contributed by atoms with E-state index in [1.807, 2.05) is 24.3 Å². The molecule has 0 bridgehead atoms. The van der Waals surface area contributed by atoms with E-state index in [-0.39, 0.29) is 18.1 Å². The molecule has 1 N–H and O–H groups in total. The van der Waals surface area contributed by atoms with Gasteiger partial charge in [-0.25, -0.2) is 0 Å². The van der Waals surface area contributed by atoms with E-state index in [1.165, 1.54) is 44.2 Å². The summed E-state index contributed by atoms with van der Waals surface area (Å²) in [6.45, 7) is 3.22. The molecule has 0 saturated carbocycles. The van der Waals surface area contributed by atoms with Gasteiger partial charge in [-0.1, -0.05) is 56.3 Å². The number of hydrogen-bond acceptors (Lipinski definition) is 5. The molecule has 0 fully saturated rings. The first-order valence-electron chi connectivity index (χ1n) is 9.89. The molecule has 0 aliphatic heterocycles. The van der Waals surface area contributed by atoms with E-state index < -0.39 is 0 Å². The number of benzene rings is 2. The summed E-state index contributed by atoms with van der Waals surface area (Å²) >= 11 is 0. The Morgan fingerprint density at radius 2 is 1.64 bits per heavy atom. The molecular formula is C23H29NO4. The van der Waals surface area contributed by atoms with Gasteiger partial charge in [-0.3, -0.25) is 4.79 Å². The lowest BCUT2D eigenvalue weighted by atomic mass is 10.1. The Labute approximate surface area is 167 Å². The molecule has 0 saturated heterocycles. The fourth-order valence-electron chi connectivity index (χ4n) is 2.71. The third kappa shape index (κ3) is 7.82. The number of ether oxygens (including phenoxy) is 1. The highest BCUT2D eigenvalue weighted by Crippen LogP contribution is 2.15. The Bertz CT molecular complexity index is 723. The fraction of sp³-hybridized carbons (Fsp3) is 0.391. The molecule has 150 valence electrons. The number of unbranched alkanes of at least 4 members (excludes halogenated alkanes) is 5. The van der Waals surface area contributed by atoms with Gasteiger partial charge in [-0.15, -0.1) is 0 Å². The lowest BCUT2D eigenvalue weighted by Crippen LogP contribution is -2.03. The Kier molecular flexibility index (Phi) is 9.62. The zero-order chi connectivity index (χ0) is 20.0. The van der Waals surface area contributed by atoms with Crippen LogP contribution in [0.5, 0.6) is 11.5 Å². The molecule has 0 unspecified atom stereocenters. The molecule has 2 aromatic rings. The number of oxime groups is 1. The Morgan fingerprint density at radius 1 is 0.964 bits per heavy atom. The topological polar surface area (TPSA) is 68.1 Å². The zero-order valence-corrected chi connectivity index (χ0v) is 16.5. The number of phenols is 1. The van der Waals surface area contributed by atoms with Gasteiger partial charge in [-0.05, 0) is 48.4 Å². The maximum absolute atomic E-state index is 11.2. The Morgan fingerprint density at radius 3 is 2.32 bits per heavy atom. The van der Waals surface area contributed by atoms with Crippen LogP contribution < -0.4 is 4.74 Å². The van der Waals surface area contributed by atoms with Gasteiger partial charge in [0.1, 0.15) is 23.8 Å². The number of phenolic OH excluding ortho intramolecular Hbond substituents is 1. The van der Waals surface area contributed by atoms with Crippen LogP contribution in [0.4, 0.5) is 0 Å². The van der Waals surface area contributed by atoms with Crippen LogP contribution in [0, 0.1) is 0 Å². The number of aromatic hydroxyl groups is 1. The molecule has 0 atom stereocenters. The molecule has 5 heteroatoms. The molecule has 2 rings (SSSR count). The molecule has 0 radical (unpaired) electrons. The van der Waals surface area contributed by atoms with Crippen LogP contribution in [0.15, 0.2) is 53.7 Å². The number of nitrogens with zero attached hydrogens (tertiary/aromatic N) is 1. The van der Waals surface area contributed by atoms with Crippen LogP contribution >= 0.6 is 0 Å². The molecule has 0 spiro atoms. The number of carbonyl (C=O) groups is 1. The van der Waals surface area contributed by atoms with E-state index in [2.05, 4.69) is 12.1 Å². The highest BCUT2D eigenvalue weighted by atomic mass is 16.6. The quantitative estimate of drug-likeness (QED) is 0.222. The molecular weight excluding hydrogens is 354 g/mol. The van der Waals surface area contributed by atoms with Crippen molar-refractivity contribution in [2.24, 2.45) is 5.16 Å². The summed E-state index contributed by atoms with van der Waals surface area (Å²) in [5, 5.41) is 13.2. The minimum atomic E-state index is 0.133. The maximum atomic E-state index is 11.2. The van der Waals surface area contributed by atoms with E-state index in [4.69, 9.17) is 9.57 Å². The van der Waals surface area contributed by atoms with Gasteiger partial charge in [0.2, 0.25) is 0 Å². The summed E-state index contributed by atoms with van der Waals surface area (Å²) in [6, 6.07) is 13.9.